The van der Waals surface area contributed by atoms with E-state index in [9.17, 15) is 14.4 Å². The van der Waals surface area contributed by atoms with E-state index in [1.54, 1.807) is 14.2 Å². The number of anilines is 1. The predicted octanol–water partition coefficient (Wildman–Crippen LogP) is 24.2. The largest absolute Gasteiger partial charge is 0.497 e. The van der Waals surface area contributed by atoms with E-state index in [1.165, 1.54) is 30.0 Å². The minimum absolute atomic E-state index is 0. The predicted molar refractivity (Wildman–Crippen MR) is 648 cm³/mol. The van der Waals surface area contributed by atoms with Gasteiger partial charge in [-0.05, 0) is 220 Å². The molecule has 134 heavy (non-hydrogen) atoms. The first-order valence-corrected chi connectivity index (χ1v) is 41.1. The highest BCUT2D eigenvalue weighted by Gasteiger charge is 2.54. The van der Waals surface area contributed by atoms with E-state index >= 15 is 4.79 Å². The molecule has 6 aromatic rings. The molecule has 1 amide bonds. The van der Waals surface area contributed by atoms with Gasteiger partial charge in [0.1, 0.15) is 53.4 Å². The molecule has 1 aliphatic rings. The Morgan fingerprint density at radius 1 is 0.470 bits per heavy atom. The number of ketones is 1. The number of carbonyl (C=O) groups is 3. The summed E-state index contributed by atoms with van der Waals surface area (Å²) in [7, 11) is 0.126. The van der Waals surface area contributed by atoms with Crippen LogP contribution in [0.5, 0.6) is 28.7 Å². The average molecular weight is 1880 g/mol. The summed E-state index contributed by atoms with van der Waals surface area (Å²) < 4.78 is 58.8. The lowest BCUT2D eigenvalue weighted by Gasteiger charge is -2.40. The summed E-state index contributed by atoms with van der Waals surface area (Å²) >= 11 is 0. The van der Waals surface area contributed by atoms with Crippen molar-refractivity contribution in [2.24, 2.45) is 0 Å². The van der Waals surface area contributed by atoms with Gasteiger partial charge in [0.25, 0.3) is 11.5 Å². The molecule has 18 nitrogen and oxygen atoms in total. The van der Waals surface area contributed by atoms with Crippen molar-refractivity contribution in [2.75, 3.05) is 26.1 Å². The van der Waals surface area contributed by atoms with Crippen LogP contribution in [0.4, 0.5) is 5.95 Å². The number of Topliss-reactive ketones (excluding diaryl/α,β-unsaturated/α-hetero) is 1. The van der Waals surface area contributed by atoms with Gasteiger partial charge in [-0.25, -0.2) is 4.98 Å². The van der Waals surface area contributed by atoms with Gasteiger partial charge in [-0.1, -0.05) is 75.4 Å². The number of hydrogen-bond acceptors (Lipinski definition) is 15. The summed E-state index contributed by atoms with van der Waals surface area (Å²) in [4.78, 5) is 68.2. The van der Waals surface area contributed by atoms with E-state index in [0.717, 1.165) is 0 Å². The first kappa shape index (κ1) is 99.5. The van der Waals surface area contributed by atoms with Crippen LogP contribution in [0.1, 0.15) is 168 Å². The molecule has 19 heteroatoms. The standard InChI is InChI=1S/C115H55N5O13Si.66H2/c1-12-15-18-21-24-27-30-33-36-39-42-45-48-51-54-57-60-63-66-72-87-127-101-90-95(91-102(128-88-73-67-64-61-58-55-52-49-46-43-40-37-34-31-28-25-22-19-16-13-2)106(101)129-89-74-68-65-62-59-56-53-50-47-44-41-38-35-32-29-26-23-20-17-14-3)110(123)118-113-117-109-105(111(124)119-113)116-93-120(109)112-108(133-134(10,11)114(5,6)7)107(132-104(122)86-77-94(4)121)103(131-112)92-130-115(96-75-70-69-71-76-96,97-78-82-99(125-8)83-79-97)98-80-84-100(126-9)85-81-98;;;;;;;;;;;;;;;;;;;;;;;;;;;;;;;;;;;;;;;;;;;;;;;;;;;;;;;;;;;;;;;;;;/h1-3,69-71,75-76,78-85,90-91,93,103,107-108,112H,77,86,92H2,4-11H3,(H2,117,118,119,123,124);66*1H/t103-,107?,108+,112-;;;;;;;;;;;;;;;;;;;;;;;;;;;;;;;;;;;;;;;;;;;;;;;;;;;;;;;;;;;;;;;;;;/m1................................................................../s1. The number of rotatable bonds is 20. The fourth-order valence-electron chi connectivity index (χ4n) is 9.95. The number of nitrogens with zero attached hydrogens (tertiary/aromatic N) is 3. The number of aromatic nitrogens is 4. The highest BCUT2D eigenvalue weighted by molar-refractivity contribution is 6.74. The number of benzene rings is 4. The van der Waals surface area contributed by atoms with Crippen LogP contribution in [-0.4, -0.2) is 84.6 Å². The van der Waals surface area contributed by atoms with Gasteiger partial charge in [0, 0.05) is 319 Å². The Balaban J connectivity index is -0.0000000512. The fourth-order valence-corrected chi connectivity index (χ4v) is 11.2. The second-order valence-corrected chi connectivity index (χ2v) is 30.8. The number of nitrogens with one attached hydrogen (secondary N) is 2. The molecule has 4 atom stereocenters. The number of hydrogen-bond donors (Lipinski definition) is 2. The van der Waals surface area contributed by atoms with Gasteiger partial charge in [0.05, 0.1) is 33.6 Å². The summed E-state index contributed by atoms with van der Waals surface area (Å²) in [5.41, 5.74) is -0.857. The fraction of sp³-hybridized carbons (Fsp3) is 0.148. The Morgan fingerprint density at radius 2 is 0.813 bits per heavy atom. The number of H-pyrrole nitrogens is 1. The maximum atomic E-state index is 15.0. The van der Waals surface area contributed by atoms with Gasteiger partial charge in [-0.15, -0.1) is 19.3 Å². The summed E-state index contributed by atoms with van der Waals surface area (Å²) in [6, 6.07) is 26.6. The number of terminal acetylenes is 3. The molecule has 4 aromatic carbocycles. The quantitative estimate of drug-likeness (QED) is 0.0315. The Morgan fingerprint density at radius 3 is 1.16 bits per heavy atom. The second kappa shape index (κ2) is 57.0. The van der Waals surface area contributed by atoms with Crippen molar-refractivity contribution in [3.05, 3.63) is 130 Å². The SMILES string of the molecule is C#CC#CC#CC#CC#CC#CC#CC#CC#CC#CC#COc1cc(C(=O)Nc2nc3c(ncn3[C@@H]3O[C@H](COC(c4ccccc4)(c4ccc(OC)cc4)c4ccc(OC)cc4)C(OC(=O)CCC(C)=O)[C@@H]3O[Si](C)(C)C(C)(C)C)c(=O)[nH]2)cc(OC#CC#CC#CC#CC#CC#CC#CC#CC#CC#CC#C)c1OC#CC#CC#CC#CC#CC#CC#CC#CC#CC#CC#C.[HH].[HH].[HH].[HH].[HH].[HH].[HH].[HH].[HH].[HH].[HH].[HH].[HH].[HH].[HH].[HH].[HH].[HH].[HH].[HH].[HH].[HH].[HH].[HH].[HH].[HH].[HH].[HH].[HH].[HH].[HH].[HH].[HH].[HH].[HH].[HH].[HH].[HH].[HH].[HH].[HH].[HH].[HH].[HH].[HH].[HH].[HH].[HH].[HH].[HH].[HH].[HH].[HH].[HH].[HH].[HH].[HH].[HH].[HH].[HH].[HH].[HH].[HH].[HH].[HH].[HH]. The minimum atomic E-state index is -2.99. The molecule has 0 bridgehead atoms. The normalized spacial score (nSPS) is 10.9. The monoisotopic (exact) mass is 1870 g/mol. The van der Waals surface area contributed by atoms with Crippen molar-refractivity contribution >= 4 is 43.1 Å². The van der Waals surface area contributed by atoms with Crippen molar-refractivity contribution < 1.29 is 151 Å². The minimum Gasteiger partial charge on any atom is -0.497 e. The van der Waals surface area contributed by atoms with Gasteiger partial charge < -0.3 is 47.1 Å². The van der Waals surface area contributed by atoms with E-state index in [0.29, 0.717) is 28.2 Å². The molecule has 1 saturated heterocycles. The molecule has 2 aromatic heterocycles. The van der Waals surface area contributed by atoms with E-state index in [2.05, 4.69) is 389 Å². The van der Waals surface area contributed by atoms with Crippen molar-refractivity contribution in [3.8, 4) is 422 Å². The Hall–Kier alpha value is -21.6. The maximum Gasteiger partial charge on any atom is 0.306 e. The average Bonchev–Trinajstić information content (AvgIpc) is 1.52. The highest BCUT2D eigenvalue weighted by Crippen LogP contribution is 2.47. The lowest BCUT2D eigenvalue weighted by atomic mass is 9.80. The zero-order valence-electron chi connectivity index (χ0n) is 72.0. The second-order valence-electron chi connectivity index (χ2n) is 26.0. The number of esters is 1. The first-order chi connectivity index (χ1) is 65.4. The third-order valence-electron chi connectivity index (χ3n) is 16.5. The van der Waals surface area contributed by atoms with Crippen LogP contribution >= 0.6 is 0 Å². The molecule has 0 saturated carbocycles. The van der Waals surface area contributed by atoms with E-state index in [4.69, 9.17) is 66.6 Å². The molecule has 1 unspecified atom stereocenters. The molecule has 2 N–H and O–H groups in total. The van der Waals surface area contributed by atoms with Crippen molar-refractivity contribution in [1.29, 1.82) is 0 Å². The number of aromatic amines is 1. The molecule has 0 spiro atoms. The molecule has 1 fully saturated rings. The van der Waals surface area contributed by atoms with Crippen LogP contribution in [0, 0.1) is 393 Å². The topological polar surface area (TPSA) is 210 Å². The van der Waals surface area contributed by atoms with Crippen LogP contribution in [0.15, 0.2) is 102 Å². The number of methoxy groups -OCH3 is 2. The van der Waals surface area contributed by atoms with Crippen LogP contribution in [0.2, 0.25) is 18.1 Å². The van der Waals surface area contributed by atoms with Crippen LogP contribution in [-0.2, 0) is 33.8 Å². The number of ether oxygens (including phenoxy) is 8. The van der Waals surface area contributed by atoms with Gasteiger partial charge in [-0.2, -0.15) is 4.98 Å². The number of amides is 1. The molecular formula is C115H187N5O13Si. The lowest BCUT2D eigenvalue weighted by Crippen LogP contribution is -2.50. The third kappa shape index (κ3) is 34.6. The van der Waals surface area contributed by atoms with Gasteiger partial charge >= 0.3 is 5.97 Å². The zero-order valence-corrected chi connectivity index (χ0v) is 73.0. The van der Waals surface area contributed by atoms with Crippen LogP contribution in [0.3, 0.4) is 0 Å². The van der Waals surface area contributed by atoms with E-state index < -0.39 is 66.9 Å². The summed E-state index contributed by atoms with van der Waals surface area (Å²) in [5.74, 6) is 145. The van der Waals surface area contributed by atoms with E-state index in [1.807, 2.05) is 113 Å². The molecular weight excluding hydrogens is 1690 g/mol. The van der Waals surface area contributed by atoms with Crippen molar-refractivity contribution in [2.45, 2.75) is 88.8 Å². The number of fused-ring (bicyclic) bond motifs is 1. The Bertz CT molecular complexity index is 8030. The van der Waals surface area contributed by atoms with Crippen molar-refractivity contribution in [1.82, 2.24) is 19.5 Å². The first-order valence-electron chi connectivity index (χ1n) is 38.2. The molecule has 7 rings (SSSR count). The zero-order chi connectivity index (χ0) is 95.8. The van der Waals surface area contributed by atoms with Crippen LogP contribution < -0.4 is 34.6 Å². The summed E-state index contributed by atoms with van der Waals surface area (Å²) in [5, 5.41) is 2.16. The highest BCUT2D eigenvalue weighted by atomic mass is 28.4. The van der Waals surface area contributed by atoms with Gasteiger partial charge in [-0.3, -0.25) is 29.3 Å². The van der Waals surface area contributed by atoms with Crippen LogP contribution in [0.25, 0.3) is 11.2 Å². The Labute approximate surface area is 878 Å². The Kier molecular flexibility index (Phi) is 42.3. The number of carbonyl (C=O) groups excluding carboxylic acids is 3. The molecule has 1 aliphatic heterocycles. The van der Waals surface area contributed by atoms with Gasteiger partial charge in [0.2, 0.25) is 11.7 Å². The molecule has 3 heterocycles. The van der Waals surface area contributed by atoms with E-state index in [-0.39, 0.29) is 153 Å². The summed E-state index contributed by atoms with van der Waals surface area (Å²) in [6.45, 7) is 11.1. The lowest BCUT2D eigenvalue weighted by molar-refractivity contribution is -0.159. The van der Waals surface area contributed by atoms with Gasteiger partial charge in [0.15, 0.2) is 43.3 Å². The third-order valence-corrected chi connectivity index (χ3v) is 21.0. The summed E-state index contributed by atoms with van der Waals surface area (Å²) in [6.07, 6.45) is 18.2. The molecule has 0 aliphatic carbocycles. The smallest absolute Gasteiger partial charge is 0.306 e. The number of imidazole rings is 1. The maximum absolute atomic E-state index is 15.0. The van der Waals surface area contributed by atoms with Crippen molar-refractivity contribution in [3.63, 3.8) is 0 Å². The molecule has 0 radical (unpaired) electrons. The molecule has 754 valence electrons.